The third-order valence-electron chi connectivity index (χ3n) is 3.17. The van der Waals surface area contributed by atoms with E-state index in [1.807, 2.05) is 30.3 Å². The maximum atomic E-state index is 12.1. The van der Waals surface area contributed by atoms with Gasteiger partial charge in [-0.25, -0.2) is 9.67 Å². The Morgan fingerprint density at radius 3 is 2.65 bits per heavy atom. The minimum atomic E-state index is -0.684. The highest BCUT2D eigenvalue weighted by Gasteiger charge is 2.16. The number of ether oxygens (including phenoxy) is 1. The highest BCUT2D eigenvalue weighted by atomic mass is 16.5. The molecular weight excluding hydrogens is 292 g/mol. The van der Waals surface area contributed by atoms with Crippen molar-refractivity contribution in [2.24, 2.45) is 0 Å². The second kappa shape index (κ2) is 6.74. The van der Waals surface area contributed by atoms with Gasteiger partial charge >= 0.3 is 0 Å². The molecule has 23 heavy (non-hydrogen) atoms. The summed E-state index contributed by atoms with van der Waals surface area (Å²) in [5.41, 5.74) is 0.924. The van der Waals surface area contributed by atoms with Gasteiger partial charge in [0.1, 0.15) is 5.82 Å². The monoisotopic (exact) mass is 308 g/mol. The third-order valence-corrected chi connectivity index (χ3v) is 3.17. The van der Waals surface area contributed by atoms with Crippen LogP contribution in [0.1, 0.15) is 6.92 Å². The number of benzene rings is 1. The molecule has 0 saturated carbocycles. The molecule has 0 aliphatic rings. The molecule has 3 rings (SSSR count). The molecule has 0 saturated heterocycles. The quantitative estimate of drug-likeness (QED) is 0.787. The minimum Gasteiger partial charge on any atom is -0.463 e. The molecule has 6 heteroatoms. The zero-order chi connectivity index (χ0) is 16.1. The molecule has 0 bridgehead atoms. The number of nitrogens with one attached hydrogen (secondary N) is 1. The van der Waals surface area contributed by atoms with Crippen molar-refractivity contribution < 1.29 is 9.53 Å². The van der Waals surface area contributed by atoms with Gasteiger partial charge in [-0.2, -0.15) is 0 Å². The van der Waals surface area contributed by atoms with Crippen molar-refractivity contribution in [2.45, 2.75) is 13.0 Å². The van der Waals surface area contributed by atoms with E-state index < -0.39 is 6.10 Å². The van der Waals surface area contributed by atoms with Crippen LogP contribution in [0.25, 0.3) is 5.69 Å². The average molecular weight is 308 g/mol. The Balaban J connectivity index is 1.63. The Hall–Kier alpha value is -3.15. The summed E-state index contributed by atoms with van der Waals surface area (Å²) in [7, 11) is 0. The van der Waals surface area contributed by atoms with Gasteiger partial charge in [0.2, 0.25) is 5.88 Å². The summed E-state index contributed by atoms with van der Waals surface area (Å²) in [5.74, 6) is 0.596. The number of rotatable bonds is 5. The van der Waals surface area contributed by atoms with Crippen molar-refractivity contribution in [3.63, 3.8) is 0 Å². The second-order valence-electron chi connectivity index (χ2n) is 4.90. The molecule has 2 heterocycles. The summed E-state index contributed by atoms with van der Waals surface area (Å²) in [6.07, 6.45) is 2.72. The van der Waals surface area contributed by atoms with Crippen LogP contribution in [0, 0.1) is 0 Å². The molecule has 0 aliphatic carbocycles. The predicted molar refractivity (Wildman–Crippen MR) is 86.5 cm³/mol. The largest absolute Gasteiger partial charge is 0.463 e. The summed E-state index contributed by atoms with van der Waals surface area (Å²) >= 11 is 0. The van der Waals surface area contributed by atoms with Gasteiger partial charge in [0.25, 0.3) is 5.91 Å². The lowest BCUT2D eigenvalue weighted by Crippen LogP contribution is -2.30. The first-order valence-electron chi connectivity index (χ1n) is 7.22. The third kappa shape index (κ3) is 3.74. The SMILES string of the molecule is CC(Oc1ccn(-c2ccccc2)n1)C(=O)Nc1ccccn1. The molecular formula is C17H16N4O2. The molecule has 1 N–H and O–H groups in total. The van der Waals surface area contributed by atoms with E-state index >= 15 is 0 Å². The van der Waals surface area contributed by atoms with Crippen LogP contribution in [-0.2, 0) is 4.79 Å². The van der Waals surface area contributed by atoms with E-state index in [4.69, 9.17) is 4.74 Å². The maximum absolute atomic E-state index is 12.1. The van der Waals surface area contributed by atoms with Gasteiger partial charge < -0.3 is 10.1 Å². The van der Waals surface area contributed by atoms with E-state index in [-0.39, 0.29) is 5.91 Å². The summed E-state index contributed by atoms with van der Waals surface area (Å²) in [4.78, 5) is 16.1. The zero-order valence-electron chi connectivity index (χ0n) is 12.6. The van der Waals surface area contributed by atoms with Gasteiger partial charge in [-0.15, -0.1) is 5.10 Å². The lowest BCUT2D eigenvalue weighted by atomic mass is 10.3. The van der Waals surface area contributed by atoms with E-state index in [1.54, 1.807) is 48.3 Å². The first kappa shape index (κ1) is 14.8. The molecule has 6 nitrogen and oxygen atoms in total. The van der Waals surface area contributed by atoms with Crippen LogP contribution in [0.2, 0.25) is 0 Å². The first-order valence-corrected chi connectivity index (χ1v) is 7.22. The lowest BCUT2D eigenvalue weighted by molar-refractivity contribution is -0.122. The van der Waals surface area contributed by atoms with Crippen molar-refractivity contribution >= 4 is 11.7 Å². The molecule has 0 spiro atoms. The number of carbonyl (C=O) groups is 1. The minimum absolute atomic E-state index is 0.280. The van der Waals surface area contributed by atoms with Gasteiger partial charge in [0.15, 0.2) is 6.10 Å². The molecule has 2 aromatic heterocycles. The highest BCUT2D eigenvalue weighted by molar-refractivity contribution is 5.93. The predicted octanol–water partition coefficient (Wildman–Crippen LogP) is 2.67. The van der Waals surface area contributed by atoms with Crippen LogP contribution in [0.3, 0.4) is 0 Å². The Morgan fingerprint density at radius 1 is 1.13 bits per heavy atom. The standard InChI is InChI=1S/C17H16N4O2/c1-13(17(22)19-15-9-5-6-11-18-15)23-16-10-12-21(20-16)14-7-3-2-4-8-14/h2-13H,1H3,(H,18,19,22). The van der Waals surface area contributed by atoms with Gasteiger partial charge in [-0.1, -0.05) is 24.3 Å². The Labute approximate surface area is 133 Å². The van der Waals surface area contributed by atoms with Crippen molar-refractivity contribution in [1.82, 2.24) is 14.8 Å². The molecule has 116 valence electrons. The van der Waals surface area contributed by atoms with Crippen LogP contribution in [0.15, 0.2) is 67.0 Å². The molecule has 1 amide bonds. The fraction of sp³-hybridized carbons (Fsp3) is 0.118. The molecule has 1 atom stereocenters. The number of aromatic nitrogens is 3. The normalized spacial score (nSPS) is 11.7. The fourth-order valence-electron chi connectivity index (χ4n) is 1.99. The smallest absolute Gasteiger partial charge is 0.266 e. The number of amides is 1. The summed E-state index contributed by atoms with van der Waals surface area (Å²) in [6.45, 7) is 1.67. The lowest BCUT2D eigenvalue weighted by Gasteiger charge is -2.12. The molecule has 3 aromatic rings. The van der Waals surface area contributed by atoms with Crippen LogP contribution in [0.5, 0.6) is 5.88 Å². The Kier molecular flexibility index (Phi) is 4.33. The van der Waals surface area contributed by atoms with E-state index in [0.717, 1.165) is 5.69 Å². The Bertz CT molecular complexity index is 772. The number of pyridine rings is 1. The van der Waals surface area contributed by atoms with Crippen LogP contribution < -0.4 is 10.1 Å². The molecule has 0 radical (unpaired) electrons. The average Bonchev–Trinajstić information content (AvgIpc) is 3.05. The highest BCUT2D eigenvalue weighted by Crippen LogP contribution is 2.13. The molecule has 1 aromatic carbocycles. The van der Waals surface area contributed by atoms with Gasteiger partial charge in [-0.3, -0.25) is 4.79 Å². The summed E-state index contributed by atoms with van der Waals surface area (Å²) in [6, 6.07) is 16.7. The van der Waals surface area contributed by atoms with Crippen molar-refractivity contribution in [1.29, 1.82) is 0 Å². The van der Waals surface area contributed by atoms with Crippen LogP contribution in [-0.4, -0.2) is 26.8 Å². The van der Waals surface area contributed by atoms with Gasteiger partial charge in [0.05, 0.1) is 5.69 Å². The number of carbonyl (C=O) groups excluding carboxylic acids is 1. The van der Waals surface area contributed by atoms with Gasteiger partial charge in [-0.05, 0) is 31.2 Å². The number of anilines is 1. The van der Waals surface area contributed by atoms with Crippen LogP contribution in [0.4, 0.5) is 5.82 Å². The van der Waals surface area contributed by atoms with Crippen molar-refractivity contribution in [3.05, 3.63) is 67.0 Å². The Morgan fingerprint density at radius 2 is 1.91 bits per heavy atom. The summed E-state index contributed by atoms with van der Waals surface area (Å²) in [5, 5.41) is 7.00. The van der Waals surface area contributed by atoms with E-state index in [2.05, 4.69) is 15.4 Å². The number of para-hydroxylation sites is 1. The fourth-order valence-corrected chi connectivity index (χ4v) is 1.99. The topological polar surface area (TPSA) is 69.0 Å². The number of nitrogens with zero attached hydrogens (tertiary/aromatic N) is 3. The van der Waals surface area contributed by atoms with Gasteiger partial charge in [0, 0.05) is 18.5 Å². The molecule has 0 fully saturated rings. The second-order valence-corrected chi connectivity index (χ2v) is 4.90. The zero-order valence-corrected chi connectivity index (χ0v) is 12.6. The number of hydrogen-bond donors (Lipinski definition) is 1. The van der Waals surface area contributed by atoms with E-state index in [1.165, 1.54) is 0 Å². The number of hydrogen-bond acceptors (Lipinski definition) is 4. The van der Waals surface area contributed by atoms with E-state index in [9.17, 15) is 4.79 Å². The van der Waals surface area contributed by atoms with E-state index in [0.29, 0.717) is 11.7 Å². The summed E-state index contributed by atoms with van der Waals surface area (Å²) < 4.78 is 7.27. The van der Waals surface area contributed by atoms with Crippen LogP contribution >= 0.6 is 0 Å². The van der Waals surface area contributed by atoms with Crippen molar-refractivity contribution in [2.75, 3.05) is 5.32 Å². The molecule has 1 unspecified atom stereocenters. The molecule has 0 aliphatic heterocycles. The van der Waals surface area contributed by atoms with Crippen molar-refractivity contribution in [3.8, 4) is 11.6 Å². The first-order chi connectivity index (χ1) is 11.2. The maximum Gasteiger partial charge on any atom is 0.266 e.